The highest BCUT2D eigenvalue weighted by atomic mass is 35.5. The summed E-state index contributed by atoms with van der Waals surface area (Å²) in [5.41, 5.74) is -0.408. The van der Waals surface area contributed by atoms with Gasteiger partial charge in [0.25, 0.3) is 0 Å². The minimum absolute atomic E-state index is 0.171. The quantitative estimate of drug-likeness (QED) is 0.333. The Kier molecular flexibility index (Phi) is 6.99. The molecule has 2 amide bonds. The van der Waals surface area contributed by atoms with Gasteiger partial charge in [0, 0.05) is 33.6 Å². The second-order valence-corrected chi connectivity index (χ2v) is 11.1. The lowest BCUT2D eigenvalue weighted by atomic mass is 9.56. The van der Waals surface area contributed by atoms with Crippen molar-refractivity contribution in [1.29, 1.82) is 0 Å². The number of methoxy groups -OCH3 is 1. The number of amides is 2. The highest BCUT2D eigenvalue weighted by Crippen LogP contribution is 2.58. The van der Waals surface area contributed by atoms with Gasteiger partial charge in [-0.2, -0.15) is 0 Å². The molecule has 41 heavy (non-hydrogen) atoms. The molecule has 0 aromatic heterocycles. The number of halogens is 4. The Labute approximate surface area is 244 Å². The first kappa shape index (κ1) is 27.3. The van der Waals surface area contributed by atoms with Crippen molar-refractivity contribution in [2.75, 3.05) is 12.4 Å². The molecule has 10 heteroatoms. The van der Waals surface area contributed by atoms with Gasteiger partial charge in [-0.05, 0) is 78.2 Å². The van der Waals surface area contributed by atoms with E-state index in [1.165, 1.54) is 36.4 Å². The van der Waals surface area contributed by atoms with Crippen molar-refractivity contribution in [3.63, 3.8) is 0 Å². The molecule has 3 aromatic carbocycles. The van der Waals surface area contributed by atoms with Crippen LogP contribution in [0.5, 0.6) is 17.2 Å². The van der Waals surface area contributed by atoms with Crippen LogP contribution in [-0.2, 0) is 15.0 Å². The Hall–Kier alpha value is -3.88. The summed E-state index contributed by atoms with van der Waals surface area (Å²) < 4.78 is 41.9. The maximum Gasteiger partial charge on any atom is 0.237 e. The first-order valence-corrected chi connectivity index (χ1v) is 13.7. The van der Waals surface area contributed by atoms with Gasteiger partial charge < -0.3 is 20.1 Å². The van der Waals surface area contributed by atoms with Crippen molar-refractivity contribution in [3.05, 3.63) is 106 Å². The van der Waals surface area contributed by atoms with Gasteiger partial charge in [-0.15, -0.1) is 0 Å². The van der Waals surface area contributed by atoms with E-state index in [2.05, 4.69) is 10.6 Å². The Balaban J connectivity index is 1.56. The van der Waals surface area contributed by atoms with E-state index in [9.17, 15) is 14.0 Å². The average Bonchev–Trinajstić information content (AvgIpc) is 3.23. The van der Waals surface area contributed by atoms with Gasteiger partial charge in [0.05, 0.1) is 13.2 Å². The number of rotatable bonds is 5. The van der Waals surface area contributed by atoms with E-state index in [1.807, 2.05) is 0 Å². The first-order valence-electron chi connectivity index (χ1n) is 12.9. The third-order valence-electron chi connectivity index (χ3n) is 8.00. The zero-order chi connectivity index (χ0) is 28.9. The third kappa shape index (κ3) is 4.65. The minimum Gasteiger partial charge on any atom is -0.497 e. The summed E-state index contributed by atoms with van der Waals surface area (Å²) in [5.74, 6) is -2.07. The minimum atomic E-state index is -1.56. The monoisotopic (exact) mass is 596 g/mol. The van der Waals surface area contributed by atoms with Crippen molar-refractivity contribution >= 4 is 40.7 Å². The van der Waals surface area contributed by atoms with Gasteiger partial charge in [0.1, 0.15) is 34.7 Å². The highest BCUT2D eigenvalue weighted by molar-refractivity contribution is 6.31. The number of ether oxygens (including phenoxy) is 2. The van der Waals surface area contributed by atoms with E-state index in [0.29, 0.717) is 32.8 Å². The molecular weight excluding hydrogens is 573 g/mol. The Morgan fingerprint density at radius 3 is 2.51 bits per heavy atom. The highest BCUT2D eigenvalue weighted by Gasteiger charge is 2.63. The van der Waals surface area contributed by atoms with Crippen LogP contribution in [0.2, 0.25) is 5.02 Å². The maximum absolute atomic E-state index is 15.6. The van der Waals surface area contributed by atoms with Crippen molar-refractivity contribution in [3.8, 4) is 17.2 Å². The standard InChI is InChI=1S/C31H24Cl2F2N2O4/c1-40-19-5-7-20(8-6-19)41-27-11-4-18(34)14-22(27)29-31(23-9-2-17(33)13-26(23)36-30(31)39)24(15-28(38)37-29)21-12-16(32)3-10-25(21)35/h2-14,21,24-25,29H,15H2,1H3,(H,36,39)(H,37,38)/t21?,24-,25?,29+,31-/m0/s1. The van der Waals surface area contributed by atoms with Gasteiger partial charge in [-0.3, -0.25) is 9.59 Å². The van der Waals surface area contributed by atoms with Crippen molar-refractivity contribution in [2.24, 2.45) is 11.8 Å². The summed E-state index contributed by atoms with van der Waals surface area (Å²) in [6.07, 6.45) is 2.62. The smallest absolute Gasteiger partial charge is 0.237 e. The molecule has 5 atom stereocenters. The molecule has 1 saturated heterocycles. The summed E-state index contributed by atoms with van der Waals surface area (Å²) in [5, 5.41) is 6.49. The number of alkyl halides is 1. The Morgan fingerprint density at radius 2 is 1.76 bits per heavy atom. The molecule has 6 rings (SSSR count). The summed E-state index contributed by atoms with van der Waals surface area (Å²) in [6.45, 7) is 0. The Bertz CT molecular complexity index is 1610. The Morgan fingerprint density at radius 1 is 1.00 bits per heavy atom. The largest absolute Gasteiger partial charge is 0.497 e. The van der Waals surface area contributed by atoms with Crippen molar-refractivity contribution < 1.29 is 27.8 Å². The van der Waals surface area contributed by atoms with Crippen molar-refractivity contribution in [2.45, 2.75) is 24.0 Å². The number of carbonyl (C=O) groups excluding carboxylic acids is 2. The van der Waals surface area contributed by atoms with Crippen LogP contribution in [0, 0.1) is 17.7 Å². The molecule has 2 heterocycles. The number of allylic oxidation sites excluding steroid dienone is 4. The van der Waals surface area contributed by atoms with Gasteiger partial charge in [0.2, 0.25) is 11.8 Å². The number of hydrogen-bond donors (Lipinski definition) is 2. The molecule has 2 aliphatic heterocycles. The van der Waals surface area contributed by atoms with Gasteiger partial charge in [-0.25, -0.2) is 8.78 Å². The fourth-order valence-electron chi connectivity index (χ4n) is 6.24. The topological polar surface area (TPSA) is 76.7 Å². The summed E-state index contributed by atoms with van der Waals surface area (Å²) in [7, 11) is 1.54. The molecular formula is C31H24Cl2F2N2O4. The molecule has 6 nitrogen and oxygen atoms in total. The summed E-state index contributed by atoms with van der Waals surface area (Å²) in [4.78, 5) is 27.5. The molecule has 1 aliphatic carbocycles. The lowest BCUT2D eigenvalue weighted by Gasteiger charge is -2.49. The zero-order valence-corrected chi connectivity index (χ0v) is 23.2. The van der Waals surface area contributed by atoms with Crippen LogP contribution in [0.25, 0.3) is 0 Å². The molecule has 1 spiro atoms. The van der Waals surface area contributed by atoms with Crippen LogP contribution >= 0.6 is 23.2 Å². The summed E-state index contributed by atoms with van der Waals surface area (Å²) in [6, 6.07) is 14.4. The van der Waals surface area contributed by atoms with Gasteiger partial charge >= 0.3 is 0 Å². The molecule has 2 unspecified atom stereocenters. The molecule has 1 fully saturated rings. The fraction of sp³-hybridized carbons (Fsp3) is 0.226. The zero-order valence-electron chi connectivity index (χ0n) is 21.7. The molecule has 0 radical (unpaired) electrons. The van der Waals surface area contributed by atoms with Gasteiger partial charge in [-0.1, -0.05) is 35.3 Å². The van der Waals surface area contributed by atoms with E-state index in [1.54, 1.807) is 49.6 Å². The van der Waals surface area contributed by atoms with E-state index in [0.717, 1.165) is 0 Å². The predicted octanol–water partition coefficient (Wildman–Crippen LogP) is 6.99. The number of benzene rings is 3. The van der Waals surface area contributed by atoms with E-state index < -0.39 is 47.1 Å². The molecule has 210 valence electrons. The van der Waals surface area contributed by atoms with E-state index in [4.69, 9.17) is 32.7 Å². The SMILES string of the molecule is COc1ccc(Oc2ccc(F)cc2[C@H]2NC(=O)C[C@@H](C3C=C(Cl)C=CC3F)[C@]23C(=O)Nc2cc(Cl)ccc23)cc1. The van der Waals surface area contributed by atoms with Crippen LogP contribution in [0.1, 0.15) is 23.6 Å². The molecule has 2 N–H and O–H groups in total. The van der Waals surface area contributed by atoms with Gasteiger partial charge in [0.15, 0.2) is 0 Å². The number of fused-ring (bicyclic) bond motifs is 2. The van der Waals surface area contributed by atoms with Crippen LogP contribution in [-0.4, -0.2) is 25.1 Å². The number of piperidine rings is 1. The van der Waals surface area contributed by atoms with Crippen LogP contribution < -0.4 is 20.1 Å². The molecule has 3 aromatic rings. The van der Waals surface area contributed by atoms with Crippen molar-refractivity contribution in [1.82, 2.24) is 5.32 Å². The van der Waals surface area contributed by atoms with Crippen LogP contribution in [0.3, 0.4) is 0 Å². The second-order valence-electron chi connectivity index (χ2n) is 10.2. The summed E-state index contributed by atoms with van der Waals surface area (Å²) >= 11 is 12.6. The normalized spacial score (nSPS) is 26.7. The second kappa shape index (κ2) is 10.5. The fourth-order valence-corrected chi connectivity index (χ4v) is 6.64. The lowest BCUT2D eigenvalue weighted by Crippen LogP contribution is -2.60. The van der Waals surface area contributed by atoms with Crippen LogP contribution in [0.4, 0.5) is 14.5 Å². The molecule has 3 aliphatic rings. The predicted molar refractivity (Wildman–Crippen MR) is 152 cm³/mol. The third-order valence-corrected chi connectivity index (χ3v) is 8.48. The molecule has 0 bridgehead atoms. The number of carbonyl (C=O) groups is 2. The lowest BCUT2D eigenvalue weighted by molar-refractivity contribution is -0.135. The molecule has 0 saturated carbocycles. The van der Waals surface area contributed by atoms with Crippen LogP contribution in [0.15, 0.2) is 83.9 Å². The maximum atomic E-state index is 15.6. The van der Waals surface area contributed by atoms with E-state index in [-0.39, 0.29) is 17.7 Å². The van der Waals surface area contributed by atoms with E-state index >= 15 is 4.39 Å². The average molecular weight is 597 g/mol. The first-order chi connectivity index (χ1) is 19.7. The number of nitrogens with one attached hydrogen (secondary N) is 2. The number of anilines is 1. The number of hydrogen-bond acceptors (Lipinski definition) is 4.